The van der Waals surface area contributed by atoms with Gasteiger partial charge in [-0.25, -0.2) is 0 Å². The van der Waals surface area contributed by atoms with Crippen LogP contribution in [0.1, 0.15) is 71.1 Å². The molecule has 20 heavy (non-hydrogen) atoms. The van der Waals surface area contributed by atoms with Crippen LogP contribution in [0.4, 0.5) is 0 Å². The molecule has 3 aliphatic rings. The van der Waals surface area contributed by atoms with Crippen molar-refractivity contribution < 1.29 is 0 Å². The molecule has 3 fully saturated rings. The predicted octanol–water partition coefficient (Wildman–Crippen LogP) is 3.81. The monoisotopic (exact) mass is 278 g/mol. The lowest BCUT2D eigenvalue weighted by atomic mass is 9.81. The van der Waals surface area contributed by atoms with Crippen LogP contribution in [0.5, 0.6) is 0 Å². The van der Waals surface area contributed by atoms with E-state index < -0.39 is 0 Å². The number of rotatable bonds is 4. The topological polar surface area (TPSA) is 15.3 Å². The van der Waals surface area contributed by atoms with Gasteiger partial charge in [-0.05, 0) is 43.9 Å². The van der Waals surface area contributed by atoms with E-state index in [9.17, 15) is 0 Å². The van der Waals surface area contributed by atoms with E-state index in [1.807, 2.05) is 0 Å². The molecule has 1 aliphatic heterocycles. The minimum Gasteiger partial charge on any atom is -0.311 e. The summed E-state index contributed by atoms with van der Waals surface area (Å²) in [5.41, 5.74) is 0. The molecule has 0 bridgehead atoms. The van der Waals surface area contributed by atoms with Crippen LogP contribution in [0.3, 0.4) is 0 Å². The van der Waals surface area contributed by atoms with Crippen LogP contribution in [-0.2, 0) is 0 Å². The Morgan fingerprint density at radius 3 is 2.35 bits per heavy atom. The van der Waals surface area contributed by atoms with Gasteiger partial charge in [-0.15, -0.1) is 0 Å². The van der Waals surface area contributed by atoms with Gasteiger partial charge in [-0.2, -0.15) is 0 Å². The molecule has 0 amide bonds. The van der Waals surface area contributed by atoms with Crippen LogP contribution >= 0.6 is 0 Å². The third kappa shape index (κ3) is 3.57. The molecular formula is C18H34N2. The first-order valence-electron chi connectivity index (χ1n) is 9.34. The Bertz CT molecular complexity index is 279. The molecule has 0 aromatic rings. The summed E-state index contributed by atoms with van der Waals surface area (Å²) >= 11 is 0. The van der Waals surface area contributed by atoms with Crippen LogP contribution in [-0.4, -0.2) is 36.6 Å². The summed E-state index contributed by atoms with van der Waals surface area (Å²) in [6, 6.07) is 1.59. The molecular weight excluding hydrogens is 244 g/mol. The third-order valence-electron chi connectivity index (χ3n) is 6.19. The maximum Gasteiger partial charge on any atom is 0.0249 e. The highest BCUT2D eigenvalue weighted by molar-refractivity contribution is 4.91. The minimum absolute atomic E-state index is 0.747. The Balaban J connectivity index is 1.61. The van der Waals surface area contributed by atoms with Crippen LogP contribution in [0.15, 0.2) is 0 Å². The Morgan fingerprint density at radius 2 is 1.65 bits per heavy atom. The summed E-state index contributed by atoms with van der Waals surface area (Å²) in [6.45, 7) is 6.32. The highest BCUT2D eigenvalue weighted by Gasteiger charge is 2.34. The van der Waals surface area contributed by atoms with Crippen molar-refractivity contribution in [3.05, 3.63) is 0 Å². The van der Waals surface area contributed by atoms with Crippen LogP contribution < -0.4 is 5.32 Å². The molecule has 3 rings (SSSR count). The number of hydrogen-bond acceptors (Lipinski definition) is 2. The molecule has 2 atom stereocenters. The van der Waals surface area contributed by atoms with Crippen LogP contribution in [0.2, 0.25) is 0 Å². The molecule has 2 unspecified atom stereocenters. The quantitative estimate of drug-likeness (QED) is 0.841. The molecule has 2 saturated carbocycles. The highest BCUT2D eigenvalue weighted by atomic mass is 15.2. The first-order valence-corrected chi connectivity index (χ1v) is 9.34. The maximum absolute atomic E-state index is 3.83. The molecule has 2 nitrogen and oxygen atoms in total. The largest absolute Gasteiger partial charge is 0.311 e. The van der Waals surface area contributed by atoms with Crippen molar-refractivity contribution in [1.82, 2.24) is 10.2 Å². The Hall–Kier alpha value is -0.0800. The summed E-state index contributed by atoms with van der Waals surface area (Å²) in [5.74, 6) is 1.99. The maximum atomic E-state index is 3.83. The molecule has 2 aliphatic carbocycles. The van der Waals surface area contributed by atoms with Crippen molar-refractivity contribution in [2.45, 2.75) is 83.2 Å². The Morgan fingerprint density at radius 1 is 0.950 bits per heavy atom. The van der Waals surface area contributed by atoms with Gasteiger partial charge in [0.2, 0.25) is 0 Å². The zero-order valence-electron chi connectivity index (χ0n) is 13.4. The molecule has 0 radical (unpaired) electrons. The fourth-order valence-electron chi connectivity index (χ4n) is 4.89. The van der Waals surface area contributed by atoms with Crippen molar-refractivity contribution in [2.75, 3.05) is 19.6 Å². The van der Waals surface area contributed by atoms with Crippen molar-refractivity contribution in [2.24, 2.45) is 11.8 Å². The molecule has 116 valence electrons. The zero-order valence-corrected chi connectivity index (χ0v) is 13.4. The predicted molar refractivity (Wildman–Crippen MR) is 86.0 cm³/mol. The van der Waals surface area contributed by atoms with Gasteiger partial charge in [-0.3, -0.25) is 4.90 Å². The molecule has 2 heteroatoms. The second-order valence-corrected chi connectivity index (χ2v) is 7.58. The normalized spacial score (nSPS) is 34.6. The lowest BCUT2D eigenvalue weighted by Crippen LogP contribution is -2.59. The molecule has 0 spiro atoms. The molecule has 1 heterocycles. The van der Waals surface area contributed by atoms with Gasteiger partial charge in [0.05, 0.1) is 0 Å². The fraction of sp³-hybridized carbons (Fsp3) is 1.00. The first-order chi connectivity index (χ1) is 9.86. The SMILES string of the molecule is CCC1CN(CC2CCCC2)C(C2CCCCC2)CN1. The van der Waals surface area contributed by atoms with E-state index in [-0.39, 0.29) is 0 Å². The van der Waals surface area contributed by atoms with Gasteiger partial charge >= 0.3 is 0 Å². The zero-order chi connectivity index (χ0) is 13.8. The first kappa shape index (κ1) is 14.8. The average molecular weight is 278 g/mol. The summed E-state index contributed by atoms with van der Waals surface area (Å²) < 4.78 is 0. The van der Waals surface area contributed by atoms with Crippen LogP contribution in [0, 0.1) is 11.8 Å². The Labute approximate surface area is 125 Å². The van der Waals surface area contributed by atoms with Gasteiger partial charge in [0.15, 0.2) is 0 Å². The third-order valence-corrected chi connectivity index (χ3v) is 6.19. The van der Waals surface area contributed by atoms with Gasteiger partial charge in [-0.1, -0.05) is 39.0 Å². The van der Waals surface area contributed by atoms with Gasteiger partial charge in [0.25, 0.3) is 0 Å². The van der Waals surface area contributed by atoms with Crippen molar-refractivity contribution in [1.29, 1.82) is 0 Å². The number of nitrogens with one attached hydrogen (secondary N) is 1. The molecule has 0 aromatic heterocycles. The minimum atomic E-state index is 0.747. The lowest BCUT2D eigenvalue weighted by Gasteiger charge is -2.46. The van der Waals surface area contributed by atoms with Gasteiger partial charge in [0, 0.05) is 31.7 Å². The average Bonchev–Trinajstić information content (AvgIpc) is 3.01. The highest BCUT2D eigenvalue weighted by Crippen LogP contribution is 2.33. The standard InChI is InChI=1S/C18H34N2/c1-2-17-14-20(13-15-8-6-7-9-15)18(12-19-17)16-10-4-3-5-11-16/h15-19H,2-14H2,1H3. The van der Waals surface area contributed by atoms with E-state index in [1.165, 1.54) is 83.8 Å². The van der Waals surface area contributed by atoms with Crippen molar-refractivity contribution >= 4 is 0 Å². The van der Waals surface area contributed by atoms with Gasteiger partial charge < -0.3 is 5.32 Å². The molecule has 0 aromatic carbocycles. The number of hydrogen-bond donors (Lipinski definition) is 1. The molecule has 1 N–H and O–H groups in total. The summed E-state index contributed by atoms with van der Waals surface area (Å²) in [7, 11) is 0. The second kappa shape index (κ2) is 7.26. The van der Waals surface area contributed by atoms with E-state index >= 15 is 0 Å². The van der Waals surface area contributed by atoms with Crippen LogP contribution in [0.25, 0.3) is 0 Å². The van der Waals surface area contributed by atoms with Gasteiger partial charge in [0.1, 0.15) is 0 Å². The van der Waals surface area contributed by atoms with E-state index in [4.69, 9.17) is 0 Å². The van der Waals surface area contributed by atoms with Crippen molar-refractivity contribution in [3.8, 4) is 0 Å². The Kier molecular flexibility index (Phi) is 5.39. The summed E-state index contributed by atoms with van der Waals surface area (Å²) in [4.78, 5) is 2.91. The molecule has 1 saturated heterocycles. The number of nitrogens with zero attached hydrogens (tertiary/aromatic N) is 1. The van der Waals surface area contributed by atoms with E-state index in [1.54, 1.807) is 0 Å². The van der Waals surface area contributed by atoms with E-state index in [0.29, 0.717) is 0 Å². The van der Waals surface area contributed by atoms with E-state index in [2.05, 4.69) is 17.1 Å². The van der Waals surface area contributed by atoms with Crippen molar-refractivity contribution in [3.63, 3.8) is 0 Å². The lowest BCUT2D eigenvalue weighted by molar-refractivity contribution is 0.0579. The fourth-order valence-corrected chi connectivity index (χ4v) is 4.89. The second-order valence-electron chi connectivity index (χ2n) is 7.58. The summed E-state index contributed by atoms with van der Waals surface area (Å²) in [5, 5.41) is 3.83. The van der Waals surface area contributed by atoms with E-state index in [0.717, 1.165) is 23.9 Å². The summed E-state index contributed by atoms with van der Waals surface area (Å²) in [6.07, 6.45) is 14.7. The smallest absolute Gasteiger partial charge is 0.0249 e. The number of piperazine rings is 1.